The van der Waals surface area contributed by atoms with Crippen LogP contribution in [0.3, 0.4) is 0 Å². The molecule has 1 aliphatic heterocycles. The summed E-state index contributed by atoms with van der Waals surface area (Å²) in [5, 5.41) is 0.986. The SMILES string of the molecule is CC1=NC(=Cc2c[nH]c3ncccc23)C(=O)N1C. The number of nitrogens with zero attached hydrogens (tertiary/aromatic N) is 3. The number of carbonyl (C=O) groups is 1. The summed E-state index contributed by atoms with van der Waals surface area (Å²) in [7, 11) is 1.72. The smallest absolute Gasteiger partial charge is 0.277 e. The Balaban J connectivity index is 2.10. The molecule has 18 heavy (non-hydrogen) atoms. The zero-order valence-corrected chi connectivity index (χ0v) is 10.1. The number of amidine groups is 1. The van der Waals surface area contributed by atoms with Gasteiger partial charge < -0.3 is 4.98 Å². The van der Waals surface area contributed by atoms with Gasteiger partial charge in [0.1, 0.15) is 17.2 Å². The van der Waals surface area contributed by atoms with Crippen molar-refractivity contribution in [1.82, 2.24) is 14.9 Å². The van der Waals surface area contributed by atoms with Crippen LogP contribution < -0.4 is 0 Å². The Morgan fingerprint density at radius 1 is 1.44 bits per heavy atom. The second-order valence-electron chi connectivity index (χ2n) is 4.20. The Morgan fingerprint density at radius 2 is 2.28 bits per heavy atom. The average molecular weight is 240 g/mol. The summed E-state index contributed by atoms with van der Waals surface area (Å²) in [4.78, 5) is 25.0. The number of aliphatic imine (C=N–C) groups is 1. The zero-order valence-electron chi connectivity index (χ0n) is 10.1. The maximum absolute atomic E-state index is 11.9. The highest BCUT2D eigenvalue weighted by Gasteiger charge is 2.23. The van der Waals surface area contributed by atoms with Gasteiger partial charge in [-0.15, -0.1) is 0 Å². The van der Waals surface area contributed by atoms with E-state index in [-0.39, 0.29) is 5.91 Å². The molecule has 90 valence electrons. The molecule has 5 nitrogen and oxygen atoms in total. The van der Waals surface area contributed by atoms with Gasteiger partial charge in [0.25, 0.3) is 5.91 Å². The van der Waals surface area contributed by atoms with E-state index in [1.807, 2.05) is 25.3 Å². The molecule has 0 spiro atoms. The molecule has 1 aliphatic rings. The standard InChI is InChI=1S/C13H12N4O/c1-8-16-11(13(18)17(8)2)6-9-7-15-12-10(9)4-3-5-14-12/h3-7H,1-2H3,(H,14,15). The van der Waals surface area contributed by atoms with Crippen molar-refractivity contribution in [3.05, 3.63) is 35.8 Å². The molecule has 3 heterocycles. The van der Waals surface area contributed by atoms with E-state index in [0.717, 1.165) is 16.6 Å². The van der Waals surface area contributed by atoms with Crippen molar-refractivity contribution in [2.24, 2.45) is 4.99 Å². The number of likely N-dealkylation sites (N-methyl/N-ethyl adjacent to an activating group) is 1. The summed E-state index contributed by atoms with van der Waals surface area (Å²) in [5.74, 6) is 0.634. The largest absolute Gasteiger partial charge is 0.346 e. The number of carbonyl (C=O) groups excluding carboxylic acids is 1. The zero-order chi connectivity index (χ0) is 12.7. The van der Waals surface area contributed by atoms with Crippen LogP contribution in [0.25, 0.3) is 17.1 Å². The van der Waals surface area contributed by atoms with Gasteiger partial charge in [0.15, 0.2) is 0 Å². The average Bonchev–Trinajstić information content (AvgIpc) is 2.89. The number of rotatable bonds is 1. The van der Waals surface area contributed by atoms with Crippen LogP contribution in [-0.2, 0) is 4.79 Å². The summed E-state index contributed by atoms with van der Waals surface area (Å²) < 4.78 is 0. The number of aromatic amines is 1. The number of nitrogens with one attached hydrogen (secondary N) is 1. The summed E-state index contributed by atoms with van der Waals surface area (Å²) >= 11 is 0. The first-order valence-corrected chi connectivity index (χ1v) is 5.64. The predicted octanol–water partition coefficient (Wildman–Crippen LogP) is 1.79. The molecule has 1 amide bonds. The number of hydrogen-bond acceptors (Lipinski definition) is 3. The highest BCUT2D eigenvalue weighted by atomic mass is 16.2. The van der Waals surface area contributed by atoms with E-state index in [1.165, 1.54) is 0 Å². The molecule has 0 saturated carbocycles. The number of fused-ring (bicyclic) bond motifs is 1. The first kappa shape index (κ1) is 10.7. The molecule has 1 N–H and O–H groups in total. The minimum absolute atomic E-state index is 0.0780. The first-order chi connectivity index (χ1) is 8.66. The van der Waals surface area contributed by atoms with Crippen molar-refractivity contribution in [3.8, 4) is 0 Å². The van der Waals surface area contributed by atoms with Crippen LogP contribution in [0.2, 0.25) is 0 Å². The lowest BCUT2D eigenvalue weighted by Crippen LogP contribution is -2.25. The van der Waals surface area contributed by atoms with E-state index in [9.17, 15) is 4.79 Å². The first-order valence-electron chi connectivity index (χ1n) is 5.64. The van der Waals surface area contributed by atoms with Crippen LogP contribution in [0.1, 0.15) is 12.5 Å². The van der Waals surface area contributed by atoms with Crippen LogP contribution in [-0.4, -0.2) is 33.7 Å². The number of H-pyrrole nitrogens is 1. The fourth-order valence-electron chi connectivity index (χ4n) is 1.95. The van der Waals surface area contributed by atoms with Crippen molar-refractivity contribution in [3.63, 3.8) is 0 Å². The van der Waals surface area contributed by atoms with Gasteiger partial charge in [-0.25, -0.2) is 9.98 Å². The molecule has 0 atom stereocenters. The van der Waals surface area contributed by atoms with Gasteiger partial charge in [-0.2, -0.15) is 0 Å². The monoisotopic (exact) mass is 240 g/mol. The second-order valence-corrected chi connectivity index (χ2v) is 4.20. The number of hydrogen-bond donors (Lipinski definition) is 1. The quantitative estimate of drug-likeness (QED) is 0.772. The van der Waals surface area contributed by atoms with Crippen molar-refractivity contribution < 1.29 is 4.79 Å². The van der Waals surface area contributed by atoms with Crippen molar-refractivity contribution >= 4 is 28.9 Å². The Kier molecular flexibility index (Phi) is 2.26. The van der Waals surface area contributed by atoms with Crippen LogP contribution in [0.5, 0.6) is 0 Å². The molecule has 3 rings (SSSR count). The Labute approximate surface area is 104 Å². The maximum Gasteiger partial charge on any atom is 0.277 e. The van der Waals surface area contributed by atoms with E-state index in [1.54, 1.807) is 24.2 Å². The van der Waals surface area contributed by atoms with Crippen molar-refractivity contribution in [2.75, 3.05) is 7.05 Å². The molecular formula is C13H12N4O. The lowest BCUT2D eigenvalue weighted by Gasteiger charge is -2.05. The molecule has 0 saturated heterocycles. The normalized spacial score (nSPS) is 17.9. The van der Waals surface area contributed by atoms with Gasteiger partial charge in [0, 0.05) is 30.4 Å². The Hall–Kier alpha value is -2.43. The second kappa shape index (κ2) is 3.80. The number of amides is 1. The van der Waals surface area contributed by atoms with Gasteiger partial charge in [-0.05, 0) is 25.1 Å². The predicted molar refractivity (Wildman–Crippen MR) is 69.9 cm³/mol. The molecule has 2 aromatic heterocycles. The van der Waals surface area contributed by atoms with Crippen LogP contribution in [0.15, 0.2) is 35.2 Å². The van der Waals surface area contributed by atoms with E-state index in [4.69, 9.17) is 0 Å². The van der Waals surface area contributed by atoms with E-state index >= 15 is 0 Å². The summed E-state index contributed by atoms with van der Waals surface area (Å²) in [5.41, 5.74) is 2.19. The Morgan fingerprint density at radius 3 is 3.00 bits per heavy atom. The lowest BCUT2D eigenvalue weighted by atomic mass is 10.2. The third kappa shape index (κ3) is 1.52. The minimum Gasteiger partial charge on any atom is -0.346 e. The molecule has 2 aromatic rings. The van der Waals surface area contributed by atoms with Gasteiger partial charge in [0.2, 0.25) is 0 Å². The molecule has 0 fully saturated rings. The molecule has 0 aromatic carbocycles. The van der Waals surface area contributed by atoms with Gasteiger partial charge in [-0.1, -0.05) is 0 Å². The van der Waals surface area contributed by atoms with E-state index in [2.05, 4.69) is 15.0 Å². The fourth-order valence-corrected chi connectivity index (χ4v) is 1.95. The number of pyridine rings is 1. The highest BCUT2D eigenvalue weighted by Crippen LogP contribution is 2.22. The third-order valence-electron chi connectivity index (χ3n) is 3.07. The van der Waals surface area contributed by atoms with Gasteiger partial charge in [-0.3, -0.25) is 9.69 Å². The van der Waals surface area contributed by atoms with Crippen LogP contribution >= 0.6 is 0 Å². The third-order valence-corrected chi connectivity index (χ3v) is 3.07. The fraction of sp³-hybridized carbons (Fsp3) is 0.154. The highest BCUT2D eigenvalue weighted by molar-refractivity contribution is 6.14. The lowest BCUT2D eigenvalue weighted by molar-refractivity contribution is -0.121. The van der Waals surface area contributed by atoms with Crippen LogP contribution in [0, 0.1) is 0 Å². The van der Waals surface area contributed by atoms with Crippen LogP contribution in [0.4, 0.5) is 0 Å². The molecule has 0 aliphatic carbocycles. The van der Waals surface area contributed by atoms with Crippen molar-refractivity contribution in [1.29, 1.82) is 0 Å². The van der Waals surface area contributed by atoms with Gasteiger partial charge >= 0.3 is 0 Å². The summed E-state index contributed by atoms with van der Waals surface area (Å²) in [6.07, 6.45) is 5.35. The maximum atomic E-state index is 11.9. The minimum atomic E-state index is -0.0780. The molecule has 5 heteroatoms. The summed E-state index contributed by atoms with van der Waals surface area (Å²) in [6, 6.07) is 3.83. The Bertz CT molecular complexity index is 696. The van der Waals surface area contributed by atoms with Crippen molar-refractivity contribution in [2.45, 2.75) is 6.92 Å². The number of aromatic nitrogens is 2. The summed E-state index contributed by atoms with van der Waals surface area (Å²) in [6.45, 7) is 1.82. The van der Waals surface area contributed by atoms with Gasteiger partial charge in [0.05, 0.1) is 0 Å². The van der Waals surface area contributed by atoms with E-state index < -0.39 is 0 Å². The molecule has 0 radical (unpaired) electrons. The van der Waals surface area contributed by atoms with E-state index in [0.29, 0.717) is 11.5 Å². The topological polar surface area (TPSA) is 61.4 Å². The molecule has 0 bridgehead atoms. The molecular weight excluding hydrogens is 228 g/mol. The molecule has 0 unspecified atom stereocenters.